The Hall–Kier alpha value is -4.04. The summed E-state index contributed by atoms with van der Waals surface area (Å²) in [5, 5.41) is 29.7. The maximum absolute atomic E-state index is 12.4. The van der Waals surface area contributed by atoms with Crippen molar-refractivity contribution in [2.24, 2.45) is 0 Å². The number of carbonyl (C=O) groups is 2. The summed E-state index contributed by atoms with van der Waals surface area (Å²) in [5.74, 6) is 0.369. The number of imidazole rings is 1. The van der Waals surface area contributed by atoms with Crippen LogP contribution in [0.1, 0.15) is 32.2 Å². The van der Waals surface area contributed by atoms with E-state index in [4.69, 9.17) is 5.73 Å². The van der Waals surface area contributed by atoms with Crippen molar-refractivity contribution in [2.75, 3.05) is 29.0 Å². The number of nitrogen functional groups attached to an aromatic ring is 1. The number of hydrogen-bond donors (Lipinski definition) is 6. The van der Waals surface area contributed by atoms with E-state index in [-0.39, 0.29) is 30.2 Å². The van der Waals surface area contributed by atoms with Gasteiger partial charge in [0, 0.05) is 31.7 Å². The number of nitrogens with one attached hydrogen (secondary N) is 3. The predicted molar refractivity (Wildman–Crippen MR) is 135 cm³/mol. The summed E-state index contributed by atoms with van der Waals surface area (Å²) in [6, 6.07) is 1.88. The van der Waals surface area contributed by atoms with E-state index in [9.17, 15) is 19.8 Å². The number of amides is 3. The fourth-order valence-electron chi connectivity index (χ4n) is 4.90. The lowest BCUT2D eigenvalue weighted by molar-refractivity contribution is -0.122. The number of nitrogens with two attached hydrogens (primary N) is 1. The van der Waals surface area contributed by atoms with E-state index in [1.54, 1.807) is 36.0 Å². The molecule has 14 nitrogen and oxygen atoms in total. The first-order valence-corrected chi connectivity index (χ1v) is 12.2. The molecule has 1 saturated heterocycles. The van der Waals surface area contributed by atoms with Crippen LogP contribution in [-0.4, -0.2) is 84.0 Å². The molecule has 37 heavy (non-hydrogen) atoms. The second-order valence-electron chi connectivity index (χ2n) is 9.32. The number of rotatable bonds is 6. The third-order valence-electron chi connectivity index (χ3n) is 6.84. The molecule has 0 radical (unpaired) electrons. The molecule has 4 heterocycles. The molecule has 1 aliphatic heterocycles. The van der Waals surface area contributed by atoms with Crippen LogP contribution in [0.15, 0.2) is 30.9 Å². The third-order valence-corrected chi connectivity index (χ3v) is 6.84. The number of fused-ring (bicyclic) bond motifs is 1. The number of pyridine rings is 1. The molecule has 0 spiro atoms. The first-order valence-electron chi connectivity index (χ1n) is 12.2. The number of hydrogen-bond acceptors (Lipinski definition) is 10. The highest BCUT2D eigenvalue weighted by Crippen LogP contribution is 2.34. The van der Waals surface area contributed by atoms with Crippen LogP contribution in [0.4, 0.5) is 22.2 Å². The minimum absolute atomic E-state index is 0.128. The molecule has 7 N–H and O–H groups in total. The van der Waals surface area contributed by atoms with Crippen LogP contribution in [-0.2, 0) is 4.79 Å². The molecule has 0 bridgehead atoms. The summed E-state index contributed by atoms with van der Waals surface area (Å²) in [5.41, 5.74) is 7.61. The van der Waals surface area contributed by atoms with Crippen molar-refractivity contribution in [3.63, 3.8) is 0 Å². The first-order chi connectivity index (χ1) is 17.8. The Kier molecular flexibility index (Phi) is 6.76. The molecule has 3 aromatic rings. The number of urea groups is 1. The van der Waals surface area contributed by atoms with E-state index < -0.39 is 24.3 Å². The number of carbonyl (C=O) groups excluding carboxylic acids is 2. The van der Waals surface area contributed by atoms with Crippen LogP contribution in [0.2, 0.25) is 0 Å². The Balaban J connectivity index is 1.31. The van der Waals surface area contributed by atoms with Crippen LogP contribution < -0.4 is 26.6 Å². The smallest absolute Gasteiger partial charge is 0.319 e. The van der Waals surface area contributed by atoms with E-state index in [0.717, 1.165) is 0 Å². The third kappa shape index (κ3) is 4.97. The standard InChI is InChI=1S/C23H30N10O4/c1-2-16(34)29-14-8-15(19(36)18(14)35)33-11-26-17-20(24)30-22(31-21(17)33)32-7-5-13(10-32)28-23(37)27-12-4-3-6-25-9-12/h3-4,6,9,11,13-15,18-19,35-36H,2,5,7-8,10H2,1H3,(H,29,34)(H2,24,30,31)(H2,27,28,37)/t13-,14-,15?,18+,19-/m0/s1. The topological polar surface area (TPSA) is 196 Å². The Morgan fingerprint density at radius 3 is 2.81 bits per heavy atom. The molecule has 3 amide bonds. The highest BCUT2D eigenvalue weighted by atomic mass is 16.3. The van der Waals surface area contributed by atoms with Gasteiger partial charge in [0.1, 0.15) is 17.7 Å². The van der Waals surface area contributed by atoms with Crippen molar-refractivity contribution in [3.8, 4) is 0 Å². The molecule has 2 aliphatic rings. The van der Waals surface area contributed by atoms with Crippen LogP contribution in [0.25, 0.3) is 11.2 Å². The van der Waals surface area contributed by atoms with Crippen molar-refractivity contribution in [2.45, 2.75) is 56.5 Å². The number of nitrogens with zero attached hydrogens (tertiary/aromatic N) is 6. The van der Waals surface area contributed by atoms with Crippen LogP contribution in [0.5, 0.6) is 0 Å². The molecule has 1 unspecified atom stereocenters. The van der Waals surface area contributed by atoms with Crippen LogP contribution >= 0.6 is 0 Å². The fourth-order valence-corrected chi connectivity index (χ4v) is 4.90. The van der Waals surface area contributed by atoms with Crippen molar-refractivity contribution >= 4 is 40.6 Å². The van der Waals surface area contributed by atoms with Crippen LogP contribution in [0, 0.1) is 0 Å². The van der Waals surface area contributed by atoms with E-state index >= 15 is 0 Å². The molecule has 5 rings (SSSR count). The highest BCUT2D eigenvalue weighted by Gasteiger charge is 2.43. The average molecular weight is 511 g/mol. The number of aromatic nitrogens is 5. The SMILES string of the molecule is CCC(=O)N[C@H]1CC(n2cnc3c(N)nc(N4CC[C@H](NC(=O)Nc5cccnc5)C4)nc32)[C@H](O)[C@@H]1O. The van der Waals surface area contributed by atoms with E-state index in [2.05, 4.69) is 35.9 Å². The van der Waals surface area contributed by atoms with Gasteiger partial charge in [0.2, 0.25) is 11.9 Å². The monoisotopic (exact) mass is 510 g/mol. The zero-order chi connectivity index (χ0) is 26.1. The molecule has 5 atom stereocenters. The quantitative estimate of drug-likeness (QED) is 0.257. The van der Waals surface area contributed by atoms with Gasteiger partial charge < -0.3 is 41.4 Å². The van der Waals surface area contributed by atoms with Gasteiger partial charge in [0.15, 0.2) is 11.5 Å². The van der Waals surface area contributed by atoms with Gasteiger partial charge in [-0.15, -0.1) is 0 Å². The Labute approximate surface area is 212 Å². The van der Waals surface area contributed by atoms with Gasteiger partial charge in [0.25, 0.3) is 0 Å². The normalized spacial score (nSPS) is 25.4. The van der Waals surface area contributed by atoms with Crippen molar-refractivity contribution in [3.05, 3.63) is 30.9 Å². The molecule has 1 aliphatic carbocycles. The van der Waals surface area contributed by atoms with Gasteiger partial charge >= 0.3 is 6.03 Å². The van der Waals surface area contributed by atoms with Gasteiger partial charge in [0.05, 0.1) is 30.3 Å². The lowest BCUT2D eigenvalue weighted by atomic mass is 10.2. The summed E-state index contributed by atoms with van der Waals surface area (Å²) >= 11 is 0. The summed E-state index contributed by atoms with van der Waals surface area (Å²) < 4.78 is 1.68. The maximum atomic E-state index is 12.4. The molecule has 2 fully saturated rings. The average Bonchev–Trinajstić information content (AvgIpc) is 3.59. The molecule has 196 valence electrons. The van der Waals surface area contributed by atoms with Crippen molar-refractivity contribution < 1.29 is 19.8 Å². The minimum Gasteiger partial charge on any atom is -0.388 e. The summed E-state index contributed by atoms with van der Waals surface area (Å²) in [7, 11) is 0. The zero-order valence-electron chi connectivity index (χ0n) is 20.3. The summed E-state index contributed by atoms with van der Waals surface area (Å²) in [4.78, 5) is 43.5. The van der Waals surface area contributed by atoms with Crippen LogP contribution in [0.3, 0.4) is 0 Å². The molecular formula is C23H30N10O4. The summed E-state index contributed by atoms with van der Waals surface area (Å²) in [6.45, 7) is 2.81. The largest absolute Gasteiger partial charge is 0.388 e. The molecule has 0 aromatic carbocycles. The lowest BCUT2D eigenvalue weighted by Crippen LogP contribution is -2.42. The Bertz CT molecular complexity index is 1290. The van der Waals surface area contributed by atoms with Gasteiger partial charge in [-0.3, -0.25) is 9.78 Å². The maximum Gasteiger partial charge on any atom is 0.319 e. The Morgan fingerprint density at radius 2 is 2.05 bits per heavy atom. The molecule has 1 saturated carbocycles. The van der Waals surface area contributed by atoms with E-state index in [1.165, 1.54) is 6.33 Å². The number of anilines is 3. The van der Waals surface area contributed by atoms with E-state index in [0.29, 0.717) is 48.7 Å². The number of aliphatic hydroxyl groups is 2. The second kappa shape index (κ2) is 10.1. The zero-order valence-corrected chi connectivity index (χ0v) is 20.3. The number of aliphatic hydroxyl groups excluding tert-OH is 2. The molecule has 14 heteroatoms. The van der Waals surface area contributed by atoms with Gasteiger partial charge in [-0.1, -0.05) is 6.92 Å². The minimum atomic E-state index is -1.13. The van der Waals surface area contributed by atoms with Crippen molar-refractivity contribution in [1.29, 1.82) is 0 Å². The van der Waals surface area contributed by atoms with Gasteiger partial charge in [-0.2, -0.15) is 9.97 Å². The fraction of sp³-hybridized carbons (Fsp3) is 0.478. The van der Waals surface area contributed by atoms with Crippen molar-refractivity contribution in [1.82, 2.24) is 35.1 Å². The van der Waals surface area contributed by atoms with Gasteiger partial charge in [-0.25, -0.2) is 9.78 Å². The van der Waals surface area contributed by atoms with E-state index in [1.807, 2.05) is 4.90 Å². The first kappa shape index (κ1) is 24.6. The Morgan fingerprint density at radius 1 is 1.22 bits per heavy atom. The van der Waals surface area contributed by atoms with Gasteiger partial charge in [-0.05, 0) is 25.0 Å². The second-order valence-corrected chi connectivity index (χ2v) is 9.32. The molecule has 3 aromatic heterocycles. The highest BCUT2D eigenvalue weighted by molar-refractivity contribution is 5.89. The lowest BCUT2D eigenvalue weighted by Gasteiger charge is -2.20. The molecular weight excluding hydrogens is 480 g/mol. The summed E-state index contributed by atoms with van der Waals surface area (Å²) in [6.07, 6.45) is 3.73. The predicted octanol–water partition coefficient (Wildman–Crippen LogP) is -0.235.